The summed E-state index contributed by atoms with van der Waals surface area (Å²) in [5.41, 5.74) is 1.05. The zero-order chi connectivity index (χ0) is 12.5. The van der Waals surface area contributed by atoms with Gasteiger partial charge in [-0.1, -0.05) is 30.3 Å². The van der Waals surface area contributed by atoms with E-state index in [0.29, 0.717) is 6.54 Å². The van der Waals surface area contributed by atoms with Crippen LogP contribution >= 0.6 is 0 Å². The molecule has 0 spiro atoms. The van der Waals surface area contributed by atoms with Gasteiger partial charge in [-0.2, -0.15) is 5.26 Å². The van der Waals surface area contributed by atoms with E-state index >= 15 is 0 Å². The molecule has 0 aromatic heterocycles. The number of carbonyl (C=O) groups is 1. The first-order valence-corrected chi connectivity index (χ1v) is 5.32. The summed E-state index contributed by atoms with van der Waals surface area (Å²) in [6.07, 6.45) is 1.38. The molecular weight excluding hydrogens is 216 g/mol. The third-order valence-electron chi connectivity index (χ3n) is 2.01. The molecule has 0 radical (unpaired) electrons. The van der Waals surface area contributed by atoms with Crippen molar-refractivity contribution in [1.29, 1.82) is 5.26 Å². The molecule has 0 amide bonds. The third-order valence-corrected chi connectivity index (χ3v) is 2.01. The Morgan fingerprint density at radius 1 is 1.47 bits per heavy atom. The van der Waals surface area contributed by atoms with Crippen molar-refractivity contribution >= 4 is 5.97 Å². The second kappa shape index (κ2) is 7.07. The van der Waals surface area contributed by atoms with Gasteiger partial charge in [-0.3, -0.25) is 0 Å². The summed E-state index contributed by atoms with van der Waals surface area (Å²) in [5, 5.41) is 11.7. The lowest BCUT2D eigenvalue weighted by Crippen LogP contribution is -2.12. The molecule has 0 aliphatic carbocycles. The average Bonchev–Trinajstić information content (AvgIpc) is 2.36. The van der Waals surface area contributed by atoms with Crippen LogP contribution in [0.15, 0.2) is 42.1 Å². The third kappa shape index (κ3) is 4.39. The molecule has 88 valence electrons. The average molecular weight is 230 g/mol. The molecule has 4 nitrogen and oxygen atoms in total. The Bertz CT molecular complexity index is 432. The molecule has 1 aromatic carbocycles. The van der Waals surface area contributed by atoms with Gasteiger partial charge in [-0.25, -0.2) is 4.79 Å². The van der Waals surface area contributed by atoms with Gasteiger partial charge in [-0.05, 0) is 12.5 Å². The number of nitriles is 1. The zero-order valence-electron chi connectivity index (χ0n) is 9.64. The van der Waals surface area contributed by atoms with Crippen LogP contribution < -0.4 is 5.32 Å². The number of hydrogen-bond acceptors (Lipinski definition) is 4. The Kier molecular flexibility index (Phi) is 5.32. The minimum absolute atomic E-state index is 0.0252. The molecule has 0 saturated heterocycles. The summed E-state index contributed by atoms with van der Waals surface area (Å²) in [6, 6.07) is 11.5. The first-order chi connectivity index (χ1) is 8.27. The van der Waals surface area contributed by atoms with E-state index in [0.717, 1.165) is 5.56 Å². The van der Waals surface area contributed by atoms with E-state index in [-0.39, 0.29) is 12.2 Å². The van der Waals surface area contributed by atoms with Crippen molar-refractivity contribution in [2.45, 2.75) is 13.5 Å². The molecule has 0 aliphatic heterocycles. The van der Waals surface area contributed by atoms with E-state index in [1.165, 1.54) is 6.20 Å². The maximum Gasteiger partial charge on any atom is 0.350 e. The van der Waals surface area contributed by atoms with Crippen LogP contribution in [-0.2, 0) is 16.1 Å². The van der Waals surface area contributed by atoms with Gasteiger partial charge in [-0.15, -0.1) is 0 Å². The van der Waals surface area contributed by atoms with Gasteiger partial charge < -0.3 is 10.1 Å². The maximum atomic E-state index is 11.3. The highest BCUT2D eigenvalue weighted by Gasteiger charge is 2.08. The van der Waals surface area contributed by atoms with E-state index in [1.54, 1.807) is 13.0 Å². The molecule has 0 atom stereocenters. The minimum atomic E-state index is -0.601. The normalized spacial score (nSPS) is 10.5. The number of ether oxygens (including phenoxy) is 1. The van der Waals surface area contributed by atoms with E-state index in [2.05, 4.69) is 5.32 Å². The van der Waals surface area contributed by atoms with E-state index < -0.39 is 5.97 Å². The van der Waals surface area contributed by atoms with Gasteiger partial charge in [0.1, 0.15) is 6.07 Å². The van der Waals surface area contributed by atoms with Crippen molar-refractivity contribution in [3.63, 3.8) is 0 Å². The standard InChI is InChI=1S/C13H14N2O2/c1-2-17-13(16)12(8-14)10-15-9-11-6-4-3-5-7-11/h3-7,10,15H,2,9H2,1H3/b12-10-. The van der Waals surface area contributed by atoms with Crippen molar-refractivity contribution in [3.8, 4) is 6.07 Å². The Morgan fingerprint density at radius 3 is 2.76 bits per heavy atom. The lowest BCUT2D eigenvalue weighted by atomic mass is 10.2. The predicted molar refractivity (Wildman–Crippen MR) is 63.6 cm³/mol. The van der Waals surface area contributed by atoms with E-state index in [9.17, 15) is 4.79 Å². The summed E-state index contributed by atoms with van der Waals surface area (Å²) in [5.74, 6) is -0.601. The molecule has 0 heterocycles. The largest absolute Gasteiger partial charge is 0.462 e. The van der Waals surface area contributed by atoms with Crippen LogP contribution in [0.5, 0.6) is 0 Å². The molecule has 0 saturated carbocycles. The molecule has 0 unspecified atom stereocenters. The second-order valence-corrected chi connectivity index (χ2v) is 3.26. The maximum absolute atomic E-state index is 11.3. The van der Waals surface area contributed by atoms with Crippen molar-refractivity contribution in [2.75, 3.05) is 6.61 Å². The number of rotatable bonds is 5. The van der Waals surface area contributed by atoms with Gasteiger partial charge in [0.2, 0.25) is 0 Å². The summed E-state index contributed by atoms with van der Waals surface area (Å²) < 4.78 is 4.73. The number of carbonyl (C=O) groups excluding carboxylic acids is 1. The summed E-state index contributed by atoms with van der Waals surface area (Å²) in [4.78, 5) is 11.3. The summed E-state index contributed by atoms with van der Waals surface area (Å²) in [6.45, 7) is 2.52. The van der Waals surface area contributed by atoms with Crippen LogP contribution in [0.25, 0.3) is 0 Å². The smallest absolute Gasteiger partial charge is 0.350 e. The highest BCUT2D eigenvalue weighted by atomic mass is 16.5. The van der Waals surface area contributed by atoms with Gasteiger partial charge in [0.25, 0.3) is 0 Å². The molecule has 17 heavy (non-hydrogen) atoms. The van der Waals surface area contributed by atoms with E-state index in [1.807, 2.05) is 30.3 Å². The molecule has 1 rings (SSSR count). The fourth-order valence-electron chi connectivity index (χ4n) is 1.21. The molecule has 0 fully saturated rings. The van der Waals surface area contributed by atoms with Crippen molar-refractivity contribution < 1.29 is 9.53 Å². The molecular formula is C13H14N2O2. The second-order valence-electron chi connectivity index (χ2n) is 3.26. The van der Waals surface area contributed by atoms with Gasteiger partial charge in [0, 0.05) is 12.7 Å². The number of esters is 1. The van der Waals surface area contributed by atoms with Crippen LogP contribution in [0, 0.1) is 11.3 Å². The SMILES string of the molecule is CCOC(=O)/C(C#N)=C\NCc1ccccc1. The fourth-order valence-corrected chi connectivity index (χ4v) is 1.21. The molecule has 0 bridgehead atoms. The van der Waals surface area contributed by atoms with Gasteiger partial charge >= 0.3 is 5.97 Å². The predicted octanol–water partition coefficient (Wildman–Crippen LogP) is 1.75. The summed E-state index contributed by atoms with van der Waals surface area (Å²) >= 11 is 0. The quantitative estimate of drug-likeness (QED) is 0.475. The Balaban J connectivity index is 2.52. The Hall–Kier alpha value is -2.28. The molecule has 1 aromatic rings. The van der Waals surface area contributed by atoms with Crippen molar-refractivity contribution in [3.05, 3.63) is 47.7 Å². The number of nitrogens with one attached hydrogen (secondary N) is 1. The Labute approximate surface area is 101 Å². The van der Waals surface area contributed by atoms with Crippen LogP contribution in [0.3, 0.4) is 0 Å². The fraction of sp³-hybridized carbons (Fsp3) is 0.231. The van der Waals surface area contributed by atoms with Crippen LogP contribution in [0.2, 0.25) is 0 Å². The van der Waals surface area contributed by atoms with Crippen molar-refractivity contribution in [2.24, 2.45) is 0 Å². The van der Waals surface area contributed by atoms with Gasteiger partial charge in [0.15, 0.2) is 5.57 Å². The minimum Gasteiger partial charge on any atom is -0.462 e. The lowest BCUT2D eigenvalue weighted by Gasteiger charge is -2.02. The zero-order valence-corrected chi connectivity index (χ0v) is 9.64. The number of hydrogen-bond donors (Lipinski definition) is 1. The first kappa shape index (κ1) is 12.8. The highest BCUT2D eigenvalue weighted by molar-refractivity contribution is 5.92. The monoisotopic (exact) mass is 230 g/mol. The van der Waals surface area contributed by atoms with Gasteiger partial charge in [0.05, 0.1) is 6.61 Å². The van der Waals surface area contributed by atoms with E-state index in [4.69, 9.17) is 10.00 Å². The van der Waals surface area contributed by atoms with Crippen molar-refractivity contribution in [1.82, 2.24) is 5.32 Å². The molecule has 0 aliphatic rings. The molecule has 4 heteroatoms. The summed E-state index contributed by atoms with van der Waals surface area (Å²) in [7, 11) is 0. The van der Waals surface area contributed by atoms with Crippen LogP contribution in [-0.4, -0.2) is 12.6 Å². The van der Waals surface area contributed by atoms with Crippen LogP contribution in [0.1, 0.15) is 12.5 Å². The highest BCUT2D eigenvalue weighted by Crippen LogP contribution is 1.99. The lowest BCUT2D eigenvalue weighted by molar-refractivity contribution is -0.138. The molecule has 1 N–H and O–H groups in total. The van der Waals surface area contributed by atoms with Crippen LogP contribution in [0.4, 0.5) is 0 Å². The Morgan fingerprint density at radius 2 is 2.18 bits per heavy atom. The number of benzene rings is 1. The number of nitrogens with zero attached hydrogens (tertiary/aromatic N) is 1. The topological polar surface area (TPSA) is 62.1 Å². The first-order valence-electron chi connectivity index (χ1n) is 5.32.